The highest BCUT2D eigenvalue weighted by Crippen LogP contribution is 2.36. The average molecular weight is 503 g/mol. The van der Waals surface area contributed by atoms with E-state index in [0.717, 1.165) is 12.0 Å². The van der Waals surface area contributed by atoms with Gasteiger partial charge in [0, 0.05) is 5.56 Å². The molecule has 0 unspecified atom stereocenters. The van der Waals surface area contributed by atoms with E-state index in [-0.39, 0.29) is 13.4 Å². The number of hydrogen-bond acceptors (Lipinski definition) is 9. The van der Waals surface area contributed by atoms with E-state index < -0.39 is 30.1 Å². The van der Waals surface area contributed by atoms with Gasteiger partial charge in [0.15, 0.2) is 17.6 Å². The maximum absolute atomic E-state index is 13.2. The fourth-order valence-electron chi connectivity index (χ4n) is 3.40. The maximum atomic E-state index is 13.2. The molecule has 0 spiro atoms. The van der Waals surface area contributed by atoms with Crippen LogP contribution in [0.1, 0.15) is 68.6 Å². The third-order valence-corrected chi connectivity index (χ3v) is 5.07. The number of carbonyl (C=O) groups is 3. The van der Waals surface area contributed by atoms with E-state index in [9.17, 15) is 14.4 Å². The quantitative estimate of drug-likeness (QED) is 0.335. The molecule has 1 aliphatic heterocycles. The highest BCUT2D eigenvalue weighted by molar-refractivity contribution is 5.90. The Bertz CT molecular complexity index is 1050. The lowest BCUT2D eigenvalue weighted by Gasteiger charge is -2.22. The summed E-state index contributed by atoms with van der Waals surface area (Å²) in [6.07, 6.45) is -0.960. The van der Waals surface area contributed by atoms with E-state index in [1.807, 2.05) is 20.8 Å². The number of esters is 3. The zero-order chi connectivity index (χ0) is 26.7. The van der Waals surface area contributed by atoms with E-state index in [0.29, 0.717) is 34.8 Å². The van der Waals surface area contributed by atoms with E-state index in [1.54, 1.807) is 43.3 Å². The van der Waals surface area contributed by atoms with Crippen molar-refractivity contribution in [3.8, 4) is 17.2 Å². The van der Waals surface area contributed by atoms with Crippen molar-refractivity contribution in [2.24, 2.45) is 0 Å². The Kier molecular flexibility index (Phi) is 11.1. The first-order chi connectivity index (χ1) is 17.4. The van der Waals surface area contributed by atoms with Crippen LogP contribution in [0.4, 0.5) is 0 Å². The van der Waals surface area contributed by atoms with E-state index in [1.165, 1.54) is 14.0 Å². The van der Waals surface area contributed by atoms with Crippen molar-refractivity contribution in [3.63, 3.8) is 0 Å². The SMILES string of the molecule is CC.CCCc1cc(C(=O)OC)ccc1O[C@@H](C(=O)O[C@@H](C)C(=O)OCC)c1ccc2c(c1)OCO2. The second kappa shape index (κ2) is 14.0. The van der Waals surface area contributed by atoms with Crippen LogP contribution < -0.4 is 14.2 Å². The van der Waals surface area contributed by atoms with Crippen molar-refractivity contribution in [1.82, 2.24) is 0 Å². The minimum Gasteiger partial charge on any atom is -0.474 e. The number of ether oxygens (including phenoxy) is 6. The lowest BCUT2D eigenvalue weighted by Crippen LogP contribution is -2.31. The van der Waals surface area contributed by atoms with Crippen LogP contribution in [0.3, 0.4) is 0 Å². The fraction of sp³-hybridized carbons (Fsp3) is 0.444. The molecule has 0 N–H and O–H groups in total. The summed E-state index contributed by atoms with van der Waals surface area (Å²) in [4.78, 5) is 37.1. The Morgan fingerprint density at radius 1 is 0.972 bits per heavy atom. The minimum atomic E-state index is -1.22. The van der Waals surface area contributed by atoms with Crippen molar-refractivity contribution in [2.75, 3.05) is 20.5 Å². The molecule has 196 valence electrons. The highest BCUT2D eigenvalue weighted by atomic mass is 16.7. The molecule has 3 rings (SSSR count). The monoisotopic (exact) mass is 502 g/mol. The molecule has 1 heterocycles. The van der Waals surface area contributed by atoms with Gasteiger partial charge < -0.3 is 28.4 Å². The summed E-state index contributed by atoms with van der Waals surface area (Å²) in [6, 6.07) is 9.81. The van der Waals surface area contributed by atoms with Crippen LogP contribution in [-0.4, -0.2) is 44.5 Å². The van der Waals surface area contributed by atoms with Crippen molar-refractivity contribution in [2.45, 2.75) is 59.7 Å². The largest absolute Gasteiger partial charge is 0.474 e. The van der Waals surface area contributed by atoms with E-state index in [2.05, 4.69) is 0 Å². The molecule has 0 aliphatic carbocycles. The number of benzene rings is 2. The van der Waals surface area contributed by atoms with Crippen LogP contribution in [0.5, 0.6) is 17.2 Å². The summed E-state index contributed by atoms with van der Waals surface area (Å²) < 4.78 is 32.0. The molecule has 0 aromatic heterocycles. The van der Waals surface area contributed by atoms with Gasteiger partial charge in [-0.1, -0.05) is 33.3 Å². The third-order valence-electron chi connectivity index (χ3n) is 5.07. The zero-order valence-corrected chi connectivity index (χ0v) is 21.6. The molecule has 0 saturated carbocycles. The summed E-state index contributed by atoms with van der Waals surface area (Å²) in [7, 11) is 1.31. The molecule has 1 aliphatic rings. The van der Waals surface area contributed by atoms with Crippen molar-refractivity contribution in [3.05, 3.63) is 53.1 Å². The normalized spacial score (nSPS) is 12.9. The van der Waals surface area contributed by atoms with Gasteiger partial charge in [0.2, 0.25) is 12.9 Å². The van der Waals surface area contributed by atoms with Gasteiger partial charge in [-0.2, -0.15) is 0 Å². The number of rotatable bonds is 10. The van der Waals surface area contributed by atoms with Crippen LogP contribution >= 0.6 is 0 Å². The number of hydrogen-bond donors (Lipinski definition) is 0. The number of aryl methyl sites for hydroxylation is 1. The first-order valence-corrected chi connectivity index (χ1v) is 12.0. The molecule has 9 heteroatoms. The maximum Gasteiger partial charge on any atom is 0.352 e. The molecular formula is C27H34O9. The van der Waals surface area contributed by atoms with Gasteiger partial charge in [-0.25, -0.2) is 14.4 Å². The van der Waals surface area contributed by atoms with Gasteiger partial charge in [0.05, 0.1) is 19.3 Å². The second-order valence-corrected chi connectivity index (χ2v) is 7.51. The van der Waals surface area contributed by atoms with Gasteiger partial charge in [-0.3, -0.25) is 0 Å². The lowest BCUT2D eigenvalue weighted by molar-refractivity contribution is -0.171. The predicted octanol–water partition coefficient (Wildman–Crippen LogP) is 4.80. The van der Waals surface area contributed by atoms with Gasteiger partial charge in [-0.15, -0.1) is 0 Å². The highest BCUT2D eigenvalue weighted by Gasteiger charge is 2.31. The summed E-state index contributed by atoms with van der Waals surface area (Å²) in [5, 5.41) is 0. The Morgan fingerprint density at radius 3 is 2.36 bits per heavy atom. The van der Waals surface area contributed by atoms with Gasteiger partial charge in [0.25, 0.3) is 0 Å². The number of fused-ring (bicyclic) bond motifs is 1. The van der Waals surface area contributed by atoms with Crippen LogP contribution in [0, 0.1) is 0 Å². The average Bonchev–Trinajstić information content (AvgIpc) is 3.36. The molecule has 2 aromatic rings. The standard InChI is InChI=1S/C25H28O9.C2H6/c1-5-7-16-12-18(24(27)29-4)9-10-19(16)34-22(25(28)33-15(3)23(26)30-6-2)17-8-11-20-21(13-17)32-14-31-20;1-2/h8-13,15,22H,5-7,14H2,1-4H3;1-2H3/t15-,22+;/m0./s1. The molecule has 36 heavy (non-hydrogen) atoms. The zero-order valence-electron chi connectivity index (χ0n) is 21.6. The van der Waals surface area contributed by atoms with Crippen LogP contribution in [0.15, 0.2) is 36.4 Å². The van der Waals surface area contributed by atoms with Gasteiger partial charge in [-0.05, 0) is 56.2 Å². The Morgan fingerprint density at radius 2 is 1.69 bits per heavy atom. The smallest absolute Gasteiger partial charge is 0.352 e. The Labute approximate surface area is 211 Å². The minimum absolute atomic E-state index is 0.0737. The van der Waals surface area contributed by atoms with E-state index in [4.69, 9.17) is 28.4 Å². The molecule has 2 atom stereocenters. The summed E-state index contributed by atoms with van der Waals surface area (Å²) in [5.74, 6) is -0.498. The summed E-state index contributed by atoms with van der Waals surface area (Å²) in [5.41, 5.74) is 1.55. The third kappa shape index (κ3) is 7.13. The topological polar surface area (TPSA) is 107 Å². The molecule has 0 fully saturated rings. The molecule has 9 nitrogen and oxygen atoms in total. The predicted molar refractivity (Wildman–Crippen MR) is 131 cm³/mol. The van der Waals surface area contributed by atoms with Gasteiger partial charge >= 0.3 is 17.9 Å². The molecule has 0 bridgehead atoms. The van der Waals surface area contributed by atoms with Crippen molar-refractivity contribution in [1.29, 1.82) is 0 Å². The molecule has 0 radical (unpaired) electrons. The van der Waals surface area contributed by atoms with Crippen LogP contribution in [-0.2, 0) is 30.2 Å². The Hall–Kier alpha value is -3.75. The van der Waals surface area contributed by atoms with Crippen molar-refractivity contribution < 1.29 is 42.8 Å². The Balaban J connectivity index is 0.00000222. The lowest BCUT2D eigenvalue weighted by atomic mass is 10.0. The first kappa shape index (κ1) is 28.5. The molecule has 0 amide bonds. The van der Waals surface area contributed by atoms with Crippen LogP contribution in [0.2, 0.25) is 0 Å². The molecular weight excluding hydrogens is 468 g/mol. The fourth-order valence-corrected chi connectivity index (χ4v) is 3.40. The van der Waals surface area contributed by atoms with Gasteiger partial charge in [0.1, 0.15) is 5.75 Å². The first-order valence-electron chi connectivity index (χ1n) is 12.0. The summed E-state index contributed by atoms with van der Waals surface area (Å²) in [6.45, 7) is 9.32. The molecule has 0 saturated heterocycles. The van der Waals surface area contributed by atoms with Crippen LogP contribution in [0.25, 0.3) is 0 Å². The number of methoxy groups -OCH3 is 1. The second-order valence-electron chi connectivity index (χ2n) is 7.51. The van der Waals surface area contributed by atoms with Crippen molar-refractivity contribution >= 4 is 17.9 Å². The van der Waals surface area contributed by atoms with E-state index >= 15 is 0 Å². The number of carbonyl (C=O) groups excluding carboxylic acids is 3. The summed E-state index contributed by atoms with van der Waals surface area (Å²) >= 11 is 0. The molecule has 2 aromatic carbocycles.